The van der Waals surface area contributed by atoms with Crippen LogP contribution in [0.2, 0.25) is 5.02 Å². The highest BCUT2D eigenvalue weighted by atomic mass is 35.5. The van der Waals surface area contributed by atoms with Gasteiger partial charge in [-0.3, -0.25) is 4.79 Å². The van der Waals surface area contributed by atoms with Gasteiger partial charge in [0.25, 0.3) is 0 Å². The summed E-state index contributed by atoms with van der Waals surface area (Å²) in [5, 5.41) is 0.265. The fourth-order valence-corrected chi connectivity index (χ4v) is 2.61. The van der Waals surface area contributed by atoms with Crippen LogP contribution in [-0.4, -0.2) is 31.1 Å². The molecule has 6 heteroatoms. The minimum absolute atomic E-state index is 0.206. The van der Waals surface area contributed by atoms with Crippen LogP contribution in [0.25, 0.3) is 0 Å². The predicted octanol–water partition coefficient (Wildman–Crippen LogP) is 3.54. The first-order valence-corrected chi connectivity index (χ1v) is 7.83. The Morgan fingerprint density at radius 3 is 2.54 bits per heavy atom. The molecule has 2 aromatic carbocycles. The van der Waals surface area contributed by atoms with Crippen LogP contribution < -0.4 is 9.47 Å². The van der Waals surface area contributed by atoms with Crippen LogP contribution in [0.1, 0.15) is 27.6 Å². The number of ether oxygens (including phenoxy) is 3. The Hall–Kier alpha value is -2.53. The Kier molecular flexibility index (Phi) is 4.71. The second kappa shape index (κ2) is 6.93. The number of halogens is 1. The highest BCUT2D eigenvalue weighted by molar-refractivity contribution is 6.32. The Bertz CT molecular complexity index is 772. The van der Waals surface area contributed by atoms with Crippen LogP contribution in [0.5, 0.6) is 11.5 Å². The van der Waals surface area contributed by atoms with Crippen LogP contribution in [0.4, 0.5) is 0 Å². The van der Waals surface area contributed by atoms with Crippen molar-refractivity contribution in [2.24, 2.45) is 0 Å². The average molecular weight is 347 g/mol. The third kappa shape index (κ3) is 3.36. The third-order valence-electron chi connectivity index (χ3n) is 3.54. The largest absolute Gasteiger partial charge is 0.486 e. The Morgan fingerprint density at radius 2 is 1.79 bits per heavy atom. The lowest BCUT2D eigenvalue weighted by Crippen LogP contribution is -2.24. The summed E-state index contributed by atoms with van der Waals surface area (Å²) >= 11 is 6.11. The zero-order chi connectivity index (χ0) is 17.1. The Balaban J connectivity index is 1.75. The molecular formula is C18H15ClO5. The number of carbonyl (C=O) groups excluding carboxylic acids is 2. The summed E-state index contributed by atoms with van der Waals surface area (Å²) < 4.78 is 16.1. The van der Waals surface area contributed by atoms with Gasteiger partial charge in [-0.1, -0.05) is 41.9 Å². The quantitative estimate of drug-likeness (QED) is 0.626. The summed E-state index contributed by atoms with van der Waals surface area (Å²) in [5.74, 6) is -0.117. The maximum absolute atomic E-state index is 12.3. The number of hydrogen-bond acceptors (Lipinski definition) is 5. The maximum Gasteiger partial charge on any atom is 0.339 e. The van der Waals surface area contributed by atoms with Crippen molar-refractivity contribution in [3.8, 4) is 11.5 Å². The number of carbonyl (C=O) groups is 2. The zero-order valence-corrected chi connectivity index (χ0v) is 13.7. The first-order chi connectivity index (χ1) is 11.6. The first kappa shape index (κ1) is 16.3. The summed E-state index contributed by atoms with van der Waals surface area (Å²) in [6, 6.07) is 11.6. The van der Waals surface area contributed by atoms with E-state index >= 15 is 0 Å². The van der Waals surface area contributed by atoms with Gasteiger partial charge in [0.2, 0.25) is 5.78 Å². The van der Waals surface area contributed by atoms with Crippen molar-refractivity contribution in [3.63, 3.8) is 0 Å². The smallest absolute Gasteiger partial charge is 0.339 e. The summed E-state index contributed by atoms with van der Waals surface area (Å²) in [4.78, 5) is 24.6. The molecule has 0 aromatic heterocycles. The molecule has 0 bridgehead atoms. The molecule has 24 heavy (non-hydrogen) atoms. The van der Waals surface area contributed by atoms with Gasteiger partial charge in [-0.05, 0) is 19.1 Å². The molecule has 2 aromatic rings. The van der Waals surface area contributed by atoms with Gasteiger partial charge in [-0.25, -0.2) is 4.79 Å². The third-order valence-corrected chi connectivity index (χ3v) is 3.82. The van der Waals surface area contributed by atoms with E-state index in [2.05, 4.69) is 0 Å². The molecule has 0 saturated carbocycles. The Labute approximate surface area is 144 Å². The number of Topliss-reactive ketones (excluding diaryl/α,β-unsaturated/α-hetero) is 1. The molecule has 0 fully saturated rings. The fraction of sp³-hybridized carbons (Fsp3) is 0.222. The molecule has 1 aliphatic heterocycles. The van der Waals surface area contributed by atoms with Crippen molar-refractivity contribution in [1.82, 2.24) is 0 Å². The number of esters is 1. The molecular weight excluding hydrogens is 332 g/mol. The molecule has 1 aliphatic rings. The van der Waals surface area contributed by atoms with E-state index in [0.29, 0.717) is 30.3 Å². The van der Waals surface area contributed by atoms with Crippen LogP contribution >= 0.6 is 11.6 Å². The van der Waals surface area contributed by atoms with Crippen molar-refractivity contribution in [1.29, 1.82) is 0 Å². The molecule has 1 heterocycles. The monoisotopic (exact) mass is 346 g/mol. The highest BCUT2D eigenvalue weighted by Gasteiger charge is 2.23. The van der Waals surface area contributed by atoms with Crippen LogP contribution in [0.15, 0.2) is 42.5 Å². The summed E-state index contributed by atoms with van der Waals surface area (Å²) in [6.45, 7) is 2.32. The normalized spacial score (nSPS) is 13.9. The number of rotatable bonds is 4. The first-order valence-electron chi connectivity index (χ1n) is 7.45. The van der Waals surface area contributed by atoms with Crippen molar-refractivity contribution < 1.29 is 23.8 Å². The minimum atomic E-state index is -0.910. The summed E-state index contributed by atoms with van der Waals surface area (Å²) in [7, 11) is 0. The van der Waals surface area contributed by atoms with E-state index in [0.717, 1.165) is 0 Å². The topological polar surface area (TPSA) is 61.8 Å². The molecule has 124 valence electrons. The van der Waals surface area contributed by atoms with Crippen LogP contribution in [-0.2, 0) is 4.74 Å². The van der Waals surface area contributed by atoms with Gasteiger partial charge in [0.05, 0.1) is 10.6 Å². The second-order valence-electron chi connectivity index (χ2n) is 5.26. The molecule has 0 radical (unpaired) electrons. The average Bonchev–Trinajstić information content (AvgIpc) is 2.61. The van der Waals surface area contributed by atoms with E-state index in [1.807, 2.05) is 6.07 Å². The van der Waals surface area contributed by atoms with Crippen molar-refractivity contribution >= 4 is 23.4 Å². The molecule has 0 amide bonds. The molecule has 0 unspecified atom stereocenters. The lowest BCUT2D eigenvalue weighted by Gasteiger charge is -2.20. The molecule has 0 saturated heterocycles. The lowest BCUT2D eigenvalue weighted by atomic mass is 10.1. The van der Waals surface area contributed by atoms with Crippen molar-refractivity contribution in [2.45, 2.75) is 13.0 Å². The van der Waals surface area contributed by atoms with Crippen molar-refractivity contribution in [2.75, 3.05) is 13.2 Å². The summed E-state index contributed by atoms with van der Waals surface area (Å²) in [6.07, 6.45) is -0.910. The van der Waals surface area contributed by atoms with Gasteiger partial charge < -0.3 is 14.2 Å². The van der Waals surface area contributed by atoms with Gasteiger partial charge >= 0.3 is 5.97 Å². The number of fused-ring (bicyclic) bond motifs is 1. The SMILES string of the molecule is C[C@H](OC(=O)c1cc(Cl)c2c(c1)OCCO2)C(=O)c1ccccc1. The lowest BCUT2D eigenvalue weighted by molar-refractivity contribution is 0.0318. The van der Waals surface area contributed by atoms with Gasteiger partial charge in [0.1, 0.15) is 13.2 Å². The molecule has 5 nitrogen and oxygen atoms in total. The molecule has 0 aliphatic carbocycles. The zero-order valence-electron chi connectivity index (χ0n) is 13.0. The molecule has 0 spiro atoms. The summed E-state index contributed by atoms with van der Waals surface area (Å²) in [5.41, 5.74) is 0.690. The number of hydrogen-bond donors (Lipinski definition) is 0. The predicted molar refractivity (Wildman–Crippen MR) is 88.1 cm³/mol. The van der Waals surface area contributed by atoms with E-state index < -0.39 is 12.1 Å². The molecule has 1 atom stereocenters. The highest BCUT2D eigenvalue weighted by Crippen LogP contribution is 2.38. The second-order valence-corrected chi connectivity index (χ2v) is 5.67. The van der Waals surface area contributed by atoms with Crippen molar-refractivity contribution in [3.05, 3.63) is 58.6 Å². The molecule has 0 N–H and O–H groups in total. The standard InChI is InChI=1S/C18H15ClO5/c1-11(16(20)12-5-3-2-4-6-12)24-18(21)13-9-14(19)17-15(10-13)22-7-8-23-17/h2-6,9-11H,7-8H2,1H3/t11-/m0/s1. The number of ketones is 1. The van der Waals surface area contributed by atoms with E-state index in [9.17, 15) is 9.59 Å². The van der Waals surface area contributed by atoms with Gasteiger partial charge in [0.15, 0.2) is 17.6 Å². The van der Waals surface area contributed by atoms with Crippen LogP contribution in [0, 0.1) is 0 Å². The Morgan fingerprint density at radius 1 is 1.08 bits per heavy atom. The van der Waals surface area contributed by atoms with Gasteiger partial charge in [-0.2, -0.15) is 0 Å². The van der Waals surface area contributed by atoms with Gasteiger partial charge in [-0.15, -0.1) is 0 Å². The maximum atomic E-state index is 12.3. The van der Waals surface area contributed by atoms with E-state index in [4.69, 9.17) is 25.8 Å². The minimum Gasteiger partial charge on any atom is -0.486 e. The number of benzene rings is 2. The van der Waals surface area contributed by atoms with Gasteiger partial charge in [0, 0.05) is 5.56 Å². The van der Waals surface area contributed by atoms with Crippen LogP contribution in [0.3, 0.4) is 0 Å². The van der Waals surface area contributed by atoms with E-state index in [1.165, 1.54) is 19.1 Å². The fourth-order valence-electron chi connectivity index (χ4n) is 2.35. The van der Waals surface area contributed by atoms with E-state index in [-0.39, 0.29) is 16.4 Å². The molecule has 3 rings (SSSR count). The van der Waals surface area contributed by atoms with E-state index in [1.54, 1.807) is 24.3 Å².